The van der Waals surface area contributed by atoms with Gasteiger partial charge in [-0.2, -0.15) is 0 Å². The summed E-state index contributed by atoms with van der Waals surface area (Å²) in [5.74, 6) is -3.07. The number of halogens is 1. The van der Waals surface area contributed by atoms with Crippen LogP contribution in [0, 0.1) is 18.8 Å². The van der Waals surface area contributed by atoms with E-state index in [1.807, 2.05) is 31.2 Å². The quantitative estimate of drug-likeness (QED) is 0.506. The summed E-state index contributed by atoms with van der Waals surface area (Å²) in [5.41, 5.74) is 0.0229. The molecular weight excluding hydrogens is 472 g/mol. The van der Waals surface area contributed by atoms with Crippen molar-refractivity contribution in [3.8, 4) is 0 Å². The maximum absolute atomic E-state index is 14.2. The molecule has 2 saturated heterocycles. The van der Waals surface area contributed by atoms with E-state index in [9.17, 15) is 19.5 Å². The number of aliphatic hydroxyl groups excluding tert-OH is 1. The SMILES string of the molecule is Cc1cccc(Cl)c1N1CC=C[C@]23O[C@@H]4/C=C\CCCCOC(=O)[C@@H]4[C@H]2C(=O)N(CCO)C3C1=O. The summed E-state index contributed by atoms with van der Waals surface area (Å²) >= 11 is 6.51. The summed E-state index contributed by atoms with van der Waals surface area (Å²) in [6.07, 6.45) is 9.09. The lowest BCUT2D eigenvalue weighted by Gasteiger charge is -2.35. The van der Waals surface area contributed by atoms with E-state index in [1.165, 1.54) is 4.90 Å². The Balaban J connectivity index is 1.62. The molecule has 1 aromatic carbocycles. The van der Waals surface area contributed by atoms with Gasteiger partial charge < -0.3 is 24.4 Å². The molecular formula is C26H29ClN2O6. The van der Waals surface area contributed by atoms with Crippen LogP contribution in [0.15, 0.2) is 42.5 Å². The zero-order chi connectivity index (χ0) is 24.7. The first-order valence-electron chi connectivity index (χ1n) is 12.1. The van der Waals surface area contributed by atoms with E-state index in [0.717, 1.165) is 24.8 Å². The number of hydrogen-bond donors (Lipinski definition) is 1. The fourth-order valence-corrected chi connectivity index (χ4v) is 6.25. The first-order valence-corrected chi connectivity index (χ1v) is 12.4. The van der Waals surface area contributed by atoms with Crippen molar-refractivity contribution in [2.45, 2.75) is 43.9 Å². The Labute approximate surface area is 209 Å². The molecule has 35 heavy (non-hydrogen) atoms. The molecule has 2 amide bonds. The molecule has 4 aliphatic heterocycles. The van der Waals surface area contributed by atoms with Gasteiger partial charge >= 0.3 is 5.97 Å². The second kappa shape index (κ2) is 9.41. The fraction of sp³-hybridized carbons (Fsp3) is 0.500. The summed E-state index contributed by atoms with van der Waals surface area (Å²) in [5, 5.41) is 10.2. The summed E-state index contributed by atoms with van der Waals surface area (Å²) in [7, 11) is 0. The number of likely N-dealkylation sites (tertiary alicyclic amines) is 1. The van der Waals surface area contributed by atoms with Crippen molar-refractivity contribution in [1.29, 1.82) is 0 Å². The first kappa shape index (κ1) is 24.0. The number of cyclic esters (lactones) is 1. The van der Waals surface area contributed by atoms with Gasteiger partial charge in [-0.3, -0.25) is 14.4 Å². The highest BCUT2D eigenvalue weighted by atomic mass is 35.5. The van der Waals surface area contributed by atoms with Gasteiger partial charge in [0.15, 0.2) is 0 Å². The topological polar surface area (TPSA) is 96.4 Å². The number of hydrogen-bond acceptors (Lipinski definition) is 6. The molecule has 0 aromatic heterocycles. The second-order valence-corrected chi connectivity index (χ2v) is 9.85. The van der Waals surface area contributed by atoms with E-state index in [2.05, 4.69) is 0 Å². The van der Waals surface area contributed by atoms with Crippen LogP contribution in [0.5, 0.6) is 0 Å². The number of fused-ring (bicyclic) bond motifs is 2. The van der Waals surface area contributed by atoms with E-state index in [4.69, 9.17) is 21.1 Å². The summed E-state index contributed by atoms with van der Waals surface area (Å²) < 4.78 is 12.1. The fourth-order valence-electron chi connectivity index (χ4n) is 5.93. The van der Waals surface area contributed by atoms with Crippen molar-refractivity contribution in [3.05, 3.63) is 53.1 Å². The Morgan fingerprint density at radius 2 is 2.00 bits per heavy atom. The minimum Gasteiger partial charge on any atom is -0.465 e. The number of rotatable bonds is 3. The van der Waals surface area contributed by atoms with Crippen molar-refractivity contribution in [2.24, 2.45) is 11.8 Å². The molecule has 8 nitrogen and oxygen atoms in total. The van der Waals surface area contributed by atoms with Crippen molar-refractivity contribution >= 4 is 35.1 Å². The van der Waals surface area contributed by atoms with Gasteiger partial charge in [-0.25, -0.2) is 0 Å². The van der Waals surface area contributed by atoms with Crippen molar-refractivity contribution in [2.75, 3.05) is 31.2 Å². The Morgan fingerprint density at radius 3 is 2.77 bits per heavy atom. The molecule has 0 saturated carbocycles. The van der Waals surface area contributed by atoms with Crippen molar-refractivity contribution in [1.82, 2.24) is 4.90 Å². The average molecular weight is 501 g/mol. The largest absolute Gasteiger partial charge is 0.465 e. The number of β-amino-alcohol motifs (C(OH)–C–C–N with tert-alkyl or cyclic N) is 1. The van der Waals surface area contributed by atoms with Crippen LogP contribution >= 0.6 is 11.6 Å². The van der Waals surface area contributed by atoms with E-state index >= 15 is 0 Å². The highest BCUT2D eigenvalue weighted by Gasteiger charge is 2.71. The van der Waals surface area contributed by atoms with Gasteiger partial charge in [-0.1, -0.05) is 48.0 Å². The van der Waals surface area contributed by atoms with E-state index < -0.39 is 41.5 Å². The van der Waals surface area contributed by atoms with E-state index in [0.29, 0.717) is 10.7 Å². The van der Waals surface area contributed by atoms with Crippen LogP contribution in [0.1, 0.15) is 24.8 Å². The third-order valence-corrected chi connectivity index (χ3v) is 7.71. The zero-order valence-corrected chi connectivity index (χ0v) is 20.3. The molecule has 0 radical (unpaired) electrons. The second-order valence-electron chi connectivity index (χ2n) is 9.45. The number of allylic oxidation sites excluding steroid dienone is 1. The van der Waals surface area contributed by atoms with E-state index in [-0.39, 0.29) is 32.2 Å². The molecule has 1 aromatic rings. The molecule has 186 valence electrons. The average Bonchev–Trinajstić information content (AvgIpc) is 3.20. The molecule has 4 aliphatic rings. The van der Waals surface area contributed by atoms with Gasteiger partial charge in [0.25, 0.3) is 5.91 Å². The summed E-state index contributed by atoms with van der Waals surface area (Å²) in [4.78, 5) is 44.1. The molecule has 1 unspecified atom stereocenters. The molecule has 4 heterocycles. The van der Waals surface area contributed by atoms with Crippen LogP contribution in [-0.2, 0) is 23.9 Å². The first-order chi connectivity index (χ1) is 16.9. The van der Waals surface area contributed by atoms with Crippen LogP contribution in [0.25, 0.3) is 0 Å². The molecule has 5 rings (SSSR count). The van der Waals surface area contributed by atoms with Crippen LogP contribution in [0.2, 0.25) is 5.02 Å². The smallest absolute Gasteiger partial charge is 0.312 e. The lowest BCUT2D eigenvalue weighted by atomic mass is 9.78. The number of para-hydroxylation sites is 1. The highest BCUT2D eigenvalue weighted by molar-refractivity contribution is 6.34. The molecule has 0 bridgehead atoms. The molecule has 0 aliphatic carbocycles. The lowest BCUT2D eigenvalue weighted by molar-refractivity contribution is -0.154. The number of aryl methyl sites for hydroxylation is 1. The third-order valence-electron chi connectivity index (χ3n) is 7.40. The Hall–Kier alpha value is -2.68. The summed E-state index contributed by atoms with van der Waals surface area (Å²) in [6, 6.07) is 4.34. The molecule has 1 N–H and O–H groups in total. The van der Waals surface area contributed by atoms with Crippen LogP contribution < -0.4 is 4.90 Å². The van der Waals surface area contributed by atoms with Crippen LogP contribution in [0.4, 0.5) is 5.69 Å². The van der Waals surface area contributed by atoms with E-state index in [1.54, 1.807) is 23.1 Å². The maximum Gasteiger partial charge on any atom is 0.312 e. The Bertz CT molecular complexity index is 1080. The number of carbonyl (C=O) groups is 3. The standard InChI is InChI=1S/C26H29ClN2O6/c1-16-8-6-9-17(27)21(16)28-12-7-11-26-20(23(31)29(13-14-30)22(26)24(28)32)19-18(35-26)10-4-2-3-5-15-34-25(19)33/h4,6-11,18-20,22,30H,2-3,5,12-15H2,1H3/b10-4-/t18-,19+,20+,22?,26+/m1/s1. The van der Waals surface area contributed by atoms with Crippen LogP contribution in [0.3, 0.4) is 0 Å². The lowest BCUT2D eigenvalue weighted by Crippen LogP contribution is -2.56. The van der Waals surface area contributed by atoms with Gasteiger partial charge in [0.2, 0.25) is 5.91 Å². The minimum absolute atomic E-state index is 0.0533. The zero-order valence-electron chi connectivity index (χ0n) is 19.6. The van der Waals surface area contributed by atoms with Gasteiger partial charge in [0, 0.05) is 13.1 Å². The Kier molecular flexibility index (Phi) is 6.46. The molecule has 1 spiro atoms. The predicted octanol–water partition coefficient (Wildman–Crippen LogP) is 2.41. The number of amides is 2. The highest BCUT2D eigenvalue weighted by Crippen LogP contribution is 2.53. The predicted molar refractivity (Wildman–Crippen MR) is 129 cm³/mol. The van der Waals surface area contributed by atoms with Crippen LogP contribution in [-0.4, -0.2) is 71.8 Å². The number of carbonyl (C=O) groups excluding carboxylic acids is 3. The maximum atomic E-state index is 14.2. The normalized spacial score (nSPS) is 33.6. The number of ether oxygens (including phenoxy) is 2. The van der Waals surface area contributed by atoms with Crippen molar-refractivity contribution in [3.63, 3.8) is 0 Å². The van der Waals surface area contributed by atoms with Gasteiger partial charge in [-0.15, -0.1) is 0 Å². The van der Waals surface area contributed by atoms with Gasteiger partial charge in [-0.05, 0) is 37.8 Å². The van der Waals surface area contributed by atoms with Gasteiger partial charge in [0.1, 0.15) is 17.6 Å². The summed E-state index contributed by atoms with van der Waals surface area (Å²) in [6.45, 7) is 2.00. The Morgan fingerprint density at radius 1 is 1.17 bits per heavy atom. The van der Waals surface area contributed by atoms with Gasteiger partial charge in [0.05, 0.1) is 35.9 Å². The third kappa shape index (κ3) is 3.79. The molecule has 5 atom stereocenters. The molecule has 9 heteroatoms. The minimum atomic E-state index is -1.36. The number of aliphatic hydroxyl groups is 1. The monoisotopic (exact) mass is 500 g/mol. The molecule has 2 fully saturated rings. The number of anilines is 1. The number of benzene rings is 1. The number of nitrogens with zero attached hydrogens (tertiary/aromatic N) is 2. The van der Waals surface area contributed by atoms with Crippen molar-refractivity contribution < 1.29 is 29.0 Å². The number of esters is 1.